The molecular formula is C20H18NO4+. The third kappa shape index (κ3) is 2.90. The minimum atomic E-state index is 0.0145. The van der Waals surface area contributed by atoms with Crippen LogP contribution in [0.3, 0.4) is 0 Å². The Morgan fingerprint density at radius 1 is 0.960 bits per heavy atom. The van der Waals surface area contributed by atoms with Gasteiger partial charge in [0.2, 0.25) is 0 Å². The summed E-state index contributed by atoms with van der Waals surface area (Å²) in [7, 11) is 2.02. The summed E-state index contributed by atoms with van der Waals surface area (Å²) in [6, 6.07) is 11.7. The first kappa shape index (κ1) is 15.5. The van der Waals surface area contributed by atoms with Crippen LogP contribution in [0.4, 0.5) is 0 Å². The number of fused-ring (bicyclic) bond motifs is 2. The molecule has 0 bridgehead atoms. The third-order valence-corrected chi connectivity index (χ3v) is 4.35. The zero-order chi connectivity index (χ0) is 17.6. The summed E-state index contributed by atoms with van der Waals surface area (Å²) < 4.78 is 6.08. The summed E-state index contributed by atoms with van der Waals surface area (Å²) in [5, 5.41) is 30.1. The molecule has 0 aliphatic carbocycles. The van der Waals surface area contributed by atoms with Gasteiger partial charge in [0.05, 0.1) is 22.6 Å². The zero-order valence-electron chi connectivity index (χ0n) is 13.7. The van der Waals surface area contributed by atoms with Gasteiger partial charge >= 0.3 is 11.3 Å². The van der Waals surface area contributed by atoms with Crippen LogP contribution in [0.1, 0.15) is 16.9 Å². The molecule has 0 saturated heterocycles. The standard InChI is InChI=1S/C20H17NO4/c1-21-10-14(6-12-2-4-16(22)8-18(12)24)20-15(11-21)7-13-3-5-17(23)9-19(13)25-20/h2-9H,10-11H2,1H3,(H2-,22,23,24)/p+1/b14-6+. The SMILES string of the molecule is CN1C/C(=C\c2ccc(O)cc2O)c2[o+]c3cc(O)ccc3cc2C1. The fourth-order valence-corrected chi connectivity index (χ4v) is 3.21. The van der Waals surface area contributed by atoms with Crippen molar-refractivity contribution < 1.29 is 19.7 Å². The van der Waals surface area contributed by atoms with Crippen molar-refractivity contribution in [2.45, 2.75) is 6.54 Å². The first-order valence-electron chi connectivity index (χ1n) is 8.00. The van der Waals surface area contributed by atoms with Crippen molar-refractivity contribution in [2.24, 2.45) is 0 Å². The molecule has 3 N–H and O–H groups in total. The second kappa shape index (κ2) is 5.79. The lowest BCUT2D eigenvalue weighted by Crippen LogP contribution is -2.25. The Morgan fingerprint density at radius 2 is 1.72 bits per heavy atom. The molecular weight excluding hydrogens is 318 g/mol. The van der Waals surface area contributed by atoms with Crippen LogP contribution in [0.15, 0.2) is 46.9 Å². The van der Waals surface area contributed by atoms with Crippen LogP contribution in [0.25, 0.3) is 22.6 Å². The van der Waals surface area contributed by atoms with Gasteiger partial charge < -0.3 is 15.3 Å². The molecule has 3 aromatic rings. The lowest BCUT2D eigenvalue weighted by molar-refractivity contribution is 0.346. The van der Waals surface area contributed by atoms with Gasteiger partial charge in [-0.2, -0.15) is 0 Å². The summed E-state index contributed by atoms with van der Waals surface area (Å²) in [6.07, 6.45) is 1.86. The average molecular weight is 336 g/mol. The number of nitrogens with zero attached hydrogens (tertiary/aromatic N) is 1. The molecule has 0 fully saturated rings. The highest BCUT2D eigenvalue weighted by atomic mass is 16.3. The molecule has 4 rings (SSSR count). The van der Waals surface area contributed by atoms with Crippen molar-refractivity contribution in [3.05, 3.63) is 59.4 Å². The second-order valence-electron chi connectivity index (χ2n) is 6.41. The van der Waals surface area contributed by atoms with Gasteiger partial charge in [-0.1, -0.05) is 0 Å². The van der Waals surface area contributed by atoms with Crippen LogP contribution < -0.4 is 0 Å². The van der Waals surface area contributed by atoms with E-state index >= 15 is 0 Å². The second-order valence-corrected chi connectivity index (χ2v) is 6.41. The van der Waals surface area contributed by atoms with Gasteiger partial charge in [0.1, 0.15) is 17.2 Å². The monoisotopic (exact) mass is 336 g/mol. The smallest absolute Gasteiger partial charge is 0.364 e. The van der Waals surface area contributed by atoms with E-state index in [2.05, 4.69) is 11.0 Å². The lowest BCUT2D eigenvalue weighted by Gasteiger charge is -2.22. The quantitative estimate of drug-likeness (QED) is 0.589. The number of likely N-dealkylation sites (N-methyl/N-ethyl adjacent to an activating group) is 1. The van der Waals surface area contributed by atoms with Gasteiger partial charge in [0.15, 0.2) is 0 Å². The number of benzene rings is 2. The molecule has 0 radical (unpaired) electrons. The van der Waals surface area contributed by atoms with Crippen molar-refractivity contribution in [3.63, 3.8) is 0 Å². The van der Waals surface area contributed by atoms with Gasteiger partial charge in [0, 0.05) is 24.7 Å². The molecule has 2 heterocycles. The summed E-state index contributed by atoms with van der Waals surface area (Å²) in [5.74, 6) is 0.946. The van der Waals surface area contributed by atoms with E-state index in [0.717, 1.165) is 28.8 Å². The third-order valence-electron chi connectivity index (χ3n) is 4.35. The first-order valence-corrected chi connectivity index (χ1v) is 8.00. The Hall–Kier alpha value is -3.05. The molecule has 1 aliphatic rings. The predicted octanol–water partition coefficient (Wildman–Crippen LogP) is 3.82. The maximum absolute atomic E-state index is 10.1. The number of phenols is 3. The molecule has 1 aliphatic heterocycles. The van der Waals surface area contributed by atoms with E-state index in [1.54, 1.807) is 18.2 Å². The molecule has 0 saturated carbocycles. The molecule has 126 valence electrons. The van der Waals surface area contributed by atoms with Crippen LogP contribution in [0.2, 0.25) is 0 Å². The van der Waals surface area contributed by atoms with Crippen LogP contribution in [-0.2, 0) is 6.54 Å². The number of hydrogen-bond donors (Lipinski definition) is 3. The number of hydrogen-bond acceptors (Lipinski definition) is 4. The molecule has 0 amide bonds. The Morgan fingerprint density at radius 3 is 2.52 bits per heavy atom. The zero-order valence-corrected chi connectivity index (χ0v) is 13.7. The van der Waals surface area contributed by atoms with E-state index in [9.17, 15) is 15.3 Å². The van der Waals surface area contributed by atoms with Gasteiger partial charge in [-0.3, -0.25) is 4.90 Å². The topological polar surface area (TPSA) is 75.2 Å². The van der Waals surface area contributed by atoms with Crippen molar-refractivity contribution in [3.8, 4) is 17.2 Å². The Balaban J connectivity index is 1.89. The van der Waals surface area contributed by atoms with E-state index in [0.29, 0.717) is 17.7 Å². The predicted molar refractivity (Wildman–Crippen MR) is 96.3 cm³/mol. The summed E-state index contributed by atoms with van der Waals surface area (Å²) in [5.41, 5.74) is 3.20. The van der Waals surface area contributed by atoms with Gasteiger partial charge in [-0.25, -0.2) is 4.42 Å². The van der Waals surface area contributed by atoms with Crippen molar-refractivity contribution >= 4 is 22.6 Å². The molecule has 5 nitrogen and oxygen atoms in total. The Bertz CT molecular complexity index is 1010. The van der Waals surface area contributed by atoms with E-state index in [-0.39, 0.29) is 17.2 Å². The molecule has 0 unspecified atom stereocenters. The minimum Gasteiger partial charge on any atom is -0.508 e. The largest absolute Gasteiger partial charge is 0.508 e. The van der Waals surface area contributed by atoms with Crippen molar-refractivity contribution in [2.75, 3.05) is 13.6 Å². The number of aromatic hydroxyl groups is 3. The summed E-state index contributed by atoms with van der Waals surface area (Å²) in [4.78, 5) is 2.16. The minimum absolute atomic E-state index is 0.0145. The first-order chi connectivity index (χ1) is 12.0. The fourth-order valence-electron chi connectivity index (χ4n) is 3.21. The maximum Gasteiger partial charge on any atom is 0.364 e. The molecule has 5 heteroatoms. The van der Waals surface area contributed by atoms with Crippen LogP contribution in [0, 0.1) is 0 Å². The normalized spacial score (nSPS) is 16.3. The van der Waals surface area contributed by atoms with Crippen molar-refractivity contribution in [1.29, 1.82) is 0 Å². The van der Waals surface area contributed by atoms with Gasteiger partial charge in [0.25, 0.3) is 0 Å². The van der Waals surface area contributed by atoms with E-state index in [1.165, 1.54) is 12.1 Å². The highest BCUT2D eigenvalue weighted by Gasteiger charge is 2.30. The Kier molecular flexibility index (Phi) is 3.58. The summed E-state index contributed by atoms with van der Waals surface area (Å²) in [6.45, 7) is 1.43. The summed E-state index contributed by atoms with van der Waals surface area (Å²) >= 11 is 0. The highest BCUT2D eigenvalue weighted by molar-refractivity contribution is 5.87. The number of phenolic OH excluding ortho intramolecular Hbond substituents is 3. The number of rotatable bonds is 1. The molecule has 2 aromatic carbocycles. The average Bonchev–Trinajstić information content (AvgIpc) is 2.56. The lowest BCUT2D eigenvalue weighted by atomic mass is 9.98. The van der Waals surface area contributed by atoms with Gasteiger partial charge in [-0.05, 0) is 43.5 Å². The van der Waals surface area contributed by atoms with Crippen molar-refractivity contribution in [1.82, 2.24) is 4.90 Å². The van der Waals surface area contributed by atoms with E-state index in [4.69, 9.17) is 4.42 Å². The highest BCUT2D eigenvalue weighted by Crippen LogP contribution is 2.34. The van der Waals surface area contributed by atoms with Crippen LogP contribution in [-0.4, -0.2) is 33.8 Å². The van der Waals surface area contributed by atoms with E-state index in [1.807, 2.05) is 19.2 Å². The molecule has 0 spiro atoms. The Labute approximate surface area is 144 Å². The van der Waals surface area contributed by atoms with E-state index < -0.39 is 0 Å². The fraction of sp³-hybridized carbons (Fsp3) is 0.150. The molecule has 1 aromatic heterocycles. The molecule has 25 heavy (non-hydrogen) atoms. The van der Waals surface area contributed by atoms with Crippen LogP contribution >= 0.6 is 0 Å². The van der Waals surface area contributed by atoms with Crippen LogP contribution in [0.5, 0.6) is 17.2 Å². The molecule has 0 atom stereocenters. The van der Waals surface area contributed by atoms with Gasteiger partial charge in [-0.15, -0.1) is 0 Å². The maximum atomic E-state index is 10.1.